The fraction of sp³-hybridized carbons (Fsp3) is 0.424. The lowest BCUT2D eigenvalue weighted by Crippen LogP contribution is -2.38. The zero-order valence-electron chi connectivity index (χ0n) is 23.8. The van der Waals surface area contributed by atoms with Gasteiger partial charge in [0.1, 0.15) is 29.2 Å². The van der Waals surface area contributed by atoms with Gasteiger partial charge in [-0.15, -0.1) is 0 Å². The molecule has 3 aromatic rings. The number of piperidine rings is 1. The average molecular weight is 563 g/mol. The highest BCUT2D eigenvalue weighted by Gasteiger charge is 2.34. The topological polar surface area (TPSA) is 71.5 Å². The first-order valence-electron chi connectivity index (χ1n) is 14.5. The SMILES string of the molecule is CCOc1ccc(F)c(N2CCC(Oc3ccc(N4C[C@H](Cc5cccc(OC)c5)C[C@@H]4CC(=O)O)cc3)CC2)c1. The molecular formula is C33H39FN2O5. The summed E-state index contributed by atoms with van der Waals surface area (Å²) in [6, 6.07) is 20.9. The standard InChI is InChI=1S/C33H39FN2O5/c1-3-40-30-11-12-31(34)32(21-30)35-15-13-28(14-16-35)41-27-9-7-25(8-10-27)36-22-24(18-26(36)20-33(37)38)17-23-5-4-6-29(19-23)39-2/h4-12,19,21,24,26,28H,3,13-18,20,22H2,1-2H3,(H,37,38)/t24-,26-/m1/s1. The van der Waals surface area contributed by atoms with E-state index in [1.807, 2.05) is 43.3 Å². The highest BCUT2D eigenvalue weighted by molar-refractivity contribution is 5.69. The van der Waals surface area contributed by atoms with E-state index in [2.05, 4.69) is 21.9 Å². The summed E-state index contributed by atoms with van der Waals surface area (Å²) in [6.07, 6.45) is 3.45. The van der Waals surface area contributed by atoms with Gasteiger partial charge in [-0.25, -0.2) is 4.39 Å². The summed E-state index contributed by atoms with van der Waals surface area (Å²) in [5.74, 6) is 1.64. The Labute approximate surface area is 241 Å². The van der Waals surface area contributed by atoms with E-state index in [0.29, 0.717) is 37.1 Å². The molecule has 0 radical (unpaired) electrons. The average Bonchev–Trinajstić information content (AvgIpc) is 3.36. The minimum absolute atomic E-state index is 0.0500. The summed E-state index contributed by atoms with van der Waals surface area (Å²) >= 11 is 0. The lowest BCUT2D eigenvalue weighted by molar-refractivity contribution is -0.137. The molecule has 0 unspecified atom stereocenters. The first-order valence-corrected chi connectivity index (χ1v) is 14.5. The van der Waals surface area contributed by atoms with Gasteiger partial charge in [0.15, 0.2) is 0 Å². The highest BCUT2D eigenvalue weighted by Crippen LogP contribution is 2.35. The number of hydrogen-bond donors (Lipinski definition) is 1. The van der Waals surface area contributed by atoms with Crippen LogP contribution in [0.1, 0.15) is 38.2 Å². The van der Waals surface area contributed by atoms with Crippen LogP contribution in [0.4, 0.5) is 15.8 Å². The van der Waals surface area contributed by atoms with Crippen LogP contribution in [0.25, 0.3) is 0 Å². The van der Waals surface area contributed by atoms with Crippen molar-refractivity contribution in [2.75, 3.05) is 43.2 Å². The number of halogens is 1. The van der Waals surface area contributed by atoms with Crippen molar-refractivity contribution in [3.8, 4) is 17.2 Å². The minimum atomic E-state index is -0.780. The zero-order valence-corrected chi connectivity index (χ0v) is 23.8. The van der Waals surface area contributed by atoms with Gasteiger partial charge in [-0.05, 0) is 79.8 Å². The van der Waals surface area contributed by atoms with Gasteiger partial charge in [-0.3, -0.25) is 4.79 Å². The molecule has 3 aromatic carbocycles. The third-order valence-electron chi connectivity index (χ3n) is 8.05. The first-order chi connectivity index (χ1) is 19.9. The number of ether oxygens (including phenoxy) is 3. The molecule has 2 heterocycles. The van der Waals surface area contributed by atoms with Crippen LogP contribution in [0.15, 0.2) is 66.7 Å². The third kappa shape index (κ3) is 7.23. The molecule has 0 aromatic heterocycles. The second kappa shape index (κ2) is 13.1. The molecule has 0 spiro atoms. The van der Waals surface area contributed by atoms with Crippen molar-refractivity contribution < 1.29 is 28.5 Å². The van der Waals surface area contributed by atoms with Crippen molar-refractivity contribution in [1.82, 2.24) is 0 Å². The zero-order chi connectivity index (χ0) is 28.8. The van der Waals surface area contributed by atoms with Gasteiger partial charge >= 0.3 is 5.97 Å². The molecule has 2 atom stereocenters. The van der Waals surface area contributed by atoms with Crippen LogP contribution in [0.2, 0.25) is 0 Å². The van der Waals surface area contributed by atoms with Gasteiger partial charge in [0.25, 0.3) is 0 Å². The molecule has 0 bridgehead atoms. The van der Waals surface area contributed by atoms with Gasteiger partial charge < -0.3 is 29.1 Å². The predicted molar refractivity (Wildman–Crippen MR) is 158 cm³/mol. The second-order valence-corrected chi connectivity index (χ2v) is 10.9. The fourth-order valence-corrected chi connectivity index (χ4v) is 6.12. The maximum atomic E-state index is 14.5. The molecule has 2 fully saturated rings. The Hall–Kier alpha value is -3.94. The number of aliphatic carboxylic acids is 1. The van der Waals surface area contributed by atoms with E-state index in [1.54, 1.807) is 19.2 Å². The van der Waals surface area contributed by atoms with E-state index in [4.69, 9.17) is 14.2 Å². The van der Waals surface area contributed by atoms with Crippen LogP contribution in [0, 0.1) is 11.7 Å². The molecule has 2 saturated heterocycles. The number of anilines is 2. The normalized spacial score (nSPS) is 19.3. The molecule has 0 amide bonds. The number of carboxylic acid groups (broad SMARTS) is 1. The maximum Gasteiger partial charge on any atom is 0.305 e. The van der Waals surface area contributed by atoms with Crippen molar-refractivity contribution in [2.45, 2.75) is 51.2 Å². The molecule has 2 aliphatic rings. The van der Waals surface area contributed by atoms with Crippen molar-refractivity contribution in [3.05, 3.63) is 78.1 Å². The molecular weight excluding hydrogens is 523 g/mol. The summed E-state index contributed by atoms with van der Waals surface area (Å²) in [5, 5.41) is 9.56. The summed E-state index contributed by atoms with van der Waals surface area (Å²) < 4.78 is 31.7. The van der Waals surface area contributed by atoms with Crippen LogP contribution in [-0.2, 0) is 11.2 Å². The van der Waals surface area contributed by atoms with Crippen LogP contribution >= 0.6 is 0 Å². The van der Waals surface area contributed by atoms with Crippen LogP contribution < -0.4 is 24.0 Å². The summed E-state index contributed by atoms with van der Waals surface area (Å²) in [7, 11) is 1.67. The van der Waals surface area contributed by atoms with E-state index in [9.17, 15) is 14.3 Å². The molecule has 0 saturated carbocycles. The number of carbonyl (C=O) groups is 1. The van der Waals surface area contributed by atoms with Gasteiger partial charge in [0.2, 0.25) is 0 Å². The molecule has 5 rings (SSSR count). The Morgan fingerprint density at radius 1 is 1.00 bits per heavy atom. The van der Waals surface area contributed by atoms with E-state index in [0.717, 1.165) is 49.4 Å². The molecule has 2 aliphatic heterocycles. The Morgan fingerprint density at radius 3 is 2.46 bits per heavy atom. The lowest BCUT2D eigenvalue weighted by atomic mass is 9.96. The minimum Gasteiger partial charge on any atom is -0.497 e. The molecule has 7 nitrogen and oxygen atoms in total. The third-order valence-corrected chi connectivity index (χ3v) is 8.05. The van der Waals surface area contributed by atoms with Gasteiger partial charge in [-0.2, -0.15) is 0 Å². The maximum absolute atomic E-state index is 14.5. The van der Waals surface area contributed by atoms with Crippen LogP contribution in [-0.4, -0.2) is 56.6 Å². The number of carboxylic acids is 1. The van der Waals surface area contributed by atoms with Crippen LogP contribution in [0.3, 0.4) is 0 Å². The Kier molecular flexibility index (Phi) is 9.17. The lowest BCUT2D eigenvalue weighted by Gasteiger charge is -2.34. The molecule has 8 heteroatoms. The van der Waals surface area contributed by atoms with E-state index >= 15 is 0 Å². The number of hydrogen-bond acceptors (Lipinski definition) is 6. The largest absolute Gasteiger partial charge is 0.497 e. The second-order valence-electron chi connectivity index (χ2n) is 10.9. The van der Waals surface area contributed by atoms with Crippen molar-refractivity contribution >= 4 is 17.3 Å². The monoisotopic (exact) mass is 562 g/mol. The smallest absolute Gasteiger partial charge is 0.305 e. The summed E-state index contributed by atoms with van der Waals surface area (Å²) in [5.41, 5.74) is 2.78. The quantitative estimate of drug-likeness (QED) is 0.299. The number of nitrogens with zero attached hydrogens (tertiary/aromatic N) is 2. The molecule has 0 aliphatic carbocycles. The first kappa shape index (κ1) is 28.6. The molecule has 1 N–H and O–H groups in total. The Morgan fingerprint density at radius 2 is 1.76 bits per heavy atom. The van der Waals surface area contributed by atoms with Gasteiger partial charge in [-0.1, -0.05) is 12.1 Å². The van der Waals surface area contributed by atoms with Crippen molar-refractivity contribution in [2.24, 2.45) is 5.92 Å². The molecule has 218 valence electrons. The van der Waals surface area contributed by atoms with Gasteiger partial charge in [0.05, 0.1) is 25.8 Å². The van der Waals surface area contributed by atoms with Crippen molar-refractivity contribution in [3.63, 3.8) is 0 Å². The van der Waals surface area contributed by atoms with E-state index < -0.39 is 5.97 Å². The van der Waals surface area contributed by atoms with Crippen molar-refractivity contribution in [1.29, 1.82) is 0 Å². The van der Waals surface area contributed by atoms with E-state index in [1.165, 1.54) is 11.6 Å². The predicted octanol–water partition coefficient (Wildman–Crippen LogP) is 6.19. The fourth-order valence-electron chi connectivity index (χ4n) is 6.12. The van der Waals surface area contributed by atoms with Gasteiger partial charge in [0, 0.05) is 50.3 Å². The number of benzene rings is 3. The number of rotatable bonds is 11. The summed E-state index contributed by atoms with van der Waals surface area (Å²) in [4.78, 5) is 15.9. The number of methoxy groups -OCH3 is 1. The molecule has 41 heavy (non-hydrogen) atoms. The summed E-state index contributed by atoms with van der Waals surface area (Å²) in [6.45, 7) is 4.66. The highest BCUT2D eigenvalue weighted by atomic mass is 19.1. The van der Waals surface area contributed by atoms with Crippen LogP contribution in [0.5, 0.6) is 17.2 Å². The Bertz CT molecular complexity index is 1310. The van der Waals surface area contributed by atoms with E-state index in [-0.39, 0.29) is 24.4 Å². The Balaban J connectivity index is 1.18.